The first-order valence-electron chi connectivity index (χ1n) is 9.51. The zero-order valence-electron chi connectivity index (χ0n) is 16.8. The highest BCUT2D eigenvalue weighted by Crippen LogP contribution is 2.27. The smallest absolute Gasteiger partial charge is 0.337 e. The SMILES string of the molecule is Cc1ccc(C(C)C)c(OCC(=O)NNC(=O)Nc2cccc3ccccc23)c1. The summed E-state index contributed by atoms with van der Waals surface area (Å²) in [6.45, 7) is 5.90. The molecule has 0 saturated carbocycles. The van der Waals surface area contributed by atoms with Crippen LogP contribution in [0.15, 0.2) is 60.7 Å². The standard InChI is InChI=1S/C23H25N3O3/c1-15(2)18-12-11-16(3)13-21(18)29-14-22(27)25-26-23(28)24-20-10-6-8-17-7-4-5-9-19(17)20/h4-13,15H,14H2,1-3H3,(H,25,27)(H2,24,26,28). The number of fused-ring (bicyclic) bond motifs is 1. The second kappa shape index (κ2) is 9.10. The zero-order chi connectivity index (χ0) is 20.8. The van der Waals surface area contributed by atoms with E-state index in [1.54, 1.807) is 6.07 Å². The highest BCUT2D eigenvalue weighted by molar-refractivity contribution is 6.01. The third-order valence-corrected chi connectivity index (χ3v) is 4.50. The average Bonchev–Trinajstić information content (AvgIpc) is 2.71. The fourth-order valence-corrected chi connectivity index (χ4v) is 3.04. The number of benzene rings is 3. The van der Waals surface area contributed by atoms with Crippen molar-refractivity contribution in [2.45, 2.75) is 26.7 Å². The van der Waals surface area contributed by atoms with E-state index in [9.17, 15) is 9.59 Å². The Morgan fingerprint density at radius 2 is 1.72 bits per heavy atom. The van der Waals surface area contributed by atoms with E-state index in [0.29, 0.717) is 11.4 Å². The van der Waals surface area contributed by atoms with Crippen LogP contribution >= 0.6 is 0 Å². The fourth-order valence-electron chi connectivity index (χ4n) is 3.04. The molecule has 3 aromatic carbocycles. The predicted octanol–water partition coefficient (Wildman–Crippen LogP) is 4.50. The first-order valence-corrected chi connectivity index (χ1v) is 9.51. The van der Waals surface area contributed by atoms with Gasteiger partial charge in [-0.2, -0.15) is 0 Å². The Hall–Kier alpha value is -3.54. The van der Waals surface area contributed by atoms with Crippen molar-refractivity contribution in [3.05, 3.63) is 71.8 Å². The van der Waals surface area contributed by atoms with Gasteiger partial charge in [0.1, 0.15) is 5.75 Å². The molecule has 3 aromatic rings. The molecule has 3 rings (SSSR count). The molecule has 150 valence electrons. The maximum atomic E-state index is 12.1. The summed E-state index contributed by atoms with van der Waals surface area (Å²) in [5, 5.41) is 4.67. The summed E-state index contributed by atoms with van der Waals surface area (Å²) in [6, 6.07) is 18.7. The van der Waals surface area contributed by atoms with Crippen molar-refractivity contribution in [3.8, 4) is 5.75 Å². The molecule has 0 aromatic heterocycles. The molecule has 0 aliphatic rings. The summed E-state index contributed by atoms with van der Waals surface area (Å²) >= 11 is 0. The Kier molecular flexibility index (Phi) is 6.34. The number of aryl methyl sites for hydroxylation is 1. The van der Waals surface area contributed by atoms with E-state index < -0.39 is 11.9 Å². The summed E-state index contributed by atoms with van der Waals surface area (Å²) in [7, 11) is 0. The molecule has 0 heterocycles. The lowest BCUT2D eigenvalue weighted by atomic mass is 10.0. The Morgan fingerprint density at radius 1 is 0.966 bits per heavy atom. The van der Waals surface area contributed by atoms with Gasteiger partial charge in [0.05, 0.1) is 5.69 Å². The summed E-state index contributed by atoms with van der Waals surface area (Å²) < 4.78 is 5.67. The van der Waals surface area contributed by atoms with E-state index in [4.69, 9.17) is 4.74 Å². The van der Waals surface area contributed by atoms with Crippen LogP contribution in [0.4, 0.5) is 10.5 Å². The number of hydrazine groups is 1. The molecule has 0 spiro atoms. The van der Waals surface area contributed by atoms with Crippen molar-refractivity contribution in [2.24, 2.45) is 0 Å². The van der Waals surface area contributed by atoms with E-state index in [0.717, 1.165) is 21.9 Å². The van der Waals surface area contributed by atoms with Crippen LogP contribution < -0.4 is 20.9 Å². The van der Waals surface area contributed by atoms with Gasteiger partial charge in [-0.15, -0.1) is 0 Å². The number of carbonyl (C=O) groups excluding carboxylic acids is 2. The van der Waals surface area contributed by atoms with Gasteiger partial charge in [0, 0.05) is 5.39 Å². The van der Waals surface area contributed by atoms with Gasteiger partial charge >= 0.3 is 6.03 Å². The Bertz CT molecular complexity index is 1030. The number of rotatable bonds is 5. The van der Waals surface area contributed by atoms with Crippen LogP contribution in [0.3, 0.4) is 0 Å². The third kappa shape index (κ3) is 5.25. The number of nitrogens with one attached hydrogen (secondary N) is 3. The van der Waals surface area contributed by atoms with Crippen molar-refractivity contribution in [1.82, 2.24) is 10.9 Å². The Balaban J connectivity index is 1.53. The van der Waals surface area contributed by atoms with Gasteiger partial charge in [-0.05, 0) is 41.5 Å². The number of urea groups is 1. The maximum Gasteiger partial charge on any atom is 0.337 e. The van der Waals surface area contributed by atoms with Crippen LogP contribution in [0.25, 0.3) is 10.8 Å². The molecule has 0 bridgehead atoms. The van der Waals surface area contributed by atoms with Gasteiger partial charge in [-0.25, -0.2) is 10.2 Å². The topological polar surface area (TPSA) is 79.5 Å². The largest absolute Gasteiger partial charge is 0.483 e. The Labute approximate surface area is 170 Å². The first-order chi connectivity index (χ1) is 13.9. The molecule has 0 saturated heterocycles. The predicted molar refractivity (Wildman–Crippen MR) is 115 cm³/mol. The van der Waals surface area contributed by atoms with E-state index in [1.807, 2.05) is 61.5 Å². The van der Waals surface area contributed by atoms with Crippen molar-refractivity contribution >= 4 is 28.4 Å². The van der Waals surface area contributed by atoms with Gasteiger partial charge in [-0.1, -0.05) is 62.4 Å². The quantitative estimate of drug-likeness (QED) is 0.560. The second-order valence-corrected chi connectivity index (χ2v) is 7.14. The molecule has 0 atom stereocenters. The normalized spacial score (nSPS) is 10.6. The lowest BCUT2D eigenvalue weighted by Crippen LogP contribution is -2.45. The van der Waals surface area contributed by atoms with Crippen LogP contribution in [0.5, 0.6) is 5.75 Å². The number of carbonyl (C=O) groups is 2. The van der Waals surface area contributed by atoms with Crippen LogP contribution in [0.1, 0.15) is 30.9 Å². The molecular weight excluding hydrogens is 366 g/mol. The number of amides is 3. The molecule has 3 N–H and O–H groups in total. The first kappa shape index (κ1) is 20.2. The molecule has 29 heavy (non-hydrogen) atoms. The summed E-state index contributed by atoms with van der Waals surface area (Å²) in [5.74, 6) is 0.503. The molecule has 0 aliphatic heterocycles. The molecule has 6 heteroatoms. The minimum absolute atomic E-state index is 0.197. The second-order valence-electron chi connectivity index (χ2n) is 7.14. The highest BCUT2D eigenvalue weighted by Gasteiger charge is 2.11. The van der Waals surface area contributed by atoms with E-state index in [2.05, 4.69) is 30.0 Å². The molecular formula is C23H25N3O3. The number of ether oxygens (including phenoxy) is 1. The minimum Gasteiger partial charge on any atom is -0.483 e. The van der Waals surface area contributed by atoms with Gasteiger partial charge < -0.3 is 10.1 Å². The summed E-state index contributed by atoms with van der Waals surface area (Å²) in [6.07, 6.45) is 0. The number of hydrogen-bond acceptors (Lipinski definition) is 3. The Morgan fingerprint density at radius 3 is 2.52 bits per heavy atom. The lowest BCUT2D eigenvalue weighted by molar-refractivity contribution is -0.123. The highest BCUT2D eigenvalue weighted by atomic mass is 16.5. The van der Waals surface area contributed by atoms with E-state index in [1.165, 1.54) is 0 Å². The fraction of sp³-hybridized carbons (Fsp3) is 0.217. The van der Waals surface area contributed by atoms with Gasteiger partial charge in [-0.3, -0.25) is 10.2 Å². The maximum absolute atomic E-state index is 12.1. The summed E-state index contributed by atoms with van der Waals surface area (Å²) in [4.78, 5) is 24.2. The molecule has 0 radical (unpaired) electrons. The zero-order valence-corrected chi connectivity index (χ0v) is 16.8. The lowest BCUT2D eigenvalue weighted by Gasteiger charge is -2.15. The minimum atomic E-state index is -0.534. The van der Waals surface area contributed by atoms with Gasteiger partial charge in [0.2, 0.25) is 0 Å². The van der Waals surface area contributed by atoms with Gasteiger partial charge in [0.25, 0.3) is 5.91 Å². The monoisotopic (exact) mass is 391 g/mol. The van der Waals surface area contributed by atoms with Crippen LogP contribution in [-0.2, 0) is 4.79 Å². The molecule has 3 amide bonds. The van der Waals surface area contributed by atoms with Crippen LogP contribution in [0.2, 0.25) is 0 Å². The molecule has 0 unspecified atom stereocenters. The number of anilines is 1. The van der Waals surface area contributed by atoms with E-state index >= 15 is 0 Å². The van der Waals surface area contributed by atoms with Crippen molar-refractivity contribution in [3.63, 3.8) is 0 Å². The van der Waals surface area contributed by atoms with Crippen LogP contribution in [-0.4, -0.2) is 18.5 Å². The van der Waals surface area contributed by atoms with Crippen LogP contribution in [0, 0.1) is 6.92 Å². The molecule has 0 aliphatic carbocycles. The average molecular weight is 391 g/mol. The van der Waals surface area contributed by atoms with Crippen molar-refractivity contribution in [1.29, 1.82) is 0 Å². The molecule has 6 nitrogen and oxygen atoms in total. The summed E-state index contributed by atoms with van der Waals surface area (Å²) in [5.41, 5.74) is 7.45. The van der Waals surface area contributed by atoms with Crippen molar-refractivity contribution < 1.29 is 14.3 Å². The van der Waals surface area contributed by atoms with Gasteiger partial charge in [0.15, 0.2) is 6.61 Å². The third-order valence-electron chi connectivity index (χ3n) is 4.50. The molecule has 0 fully saturated rings. The van der Waals surface area contributed by atoms with E-state index in [-0.39, 0.29) is 12.5 Å². The van der Waals surface area contributed by atoms with Crippen molar-refractivity contribution in [2.75, 3.05) is 11.9 Å². The number of hydrogen-bond donors (Lipinski definition) is 3.